The molecule has 2 nitrogen and oxygen atoms in total. The number of hydrogen-bond donors (Lipinski definition) is 2. The van der Waals surface area contributed by atoms with E-state index in [9.17, 15) is 0 Å². The van der Waals surface area contributed by atoms with Crippen LogP contribution >= 0.6 is 11.6 Å². The molecule has 1 aliphatic rings. The molecule has 1 atom stereocenters. The van der Waals surface area contributed by atoms with Crippen molar-refractivity contribution in [1.82, 2.24) is 5.43 Å². The van der Waals surface area contributed by atoms with Crippen LogP contribution in [-0.4, -0.2) is 0 Å². The van der Waals surface area contributed by atoms with Crippen molar-refractivity contribution in [2.75, 3.05) is 0 Å². The van der Waals surface area contributed by atoms with Gasteiger partial charge < -0.3 is 0 Å². The highest BCUT2D eigenvalue weighted by Gasteiger charge is 2.23. The Labute approximate surface area is 95.8 Å². The maximum absolute atomic E-state index is 6.15. The predicted octanol–water partition coefficient (Wildman–Crippen LogP) is 3.03. The molecule has 1 fully saturated rings. The Kier molecular flexibility index (Phi) is 3.62. The molecule has 0 radical (unpaired) electrons. The zero-order valence-corrected chi connectivity index (χ0v) is 9.50. The van der Waals surface area contributed by atoms with Crippen molar-refractivity contribution in [2.24, 2.45) is 11.8 Å². The first-order valence-electron chi connectivity index (χ1n) is 5.52. The van der Waals surface area contributed by atoms with E-state index in [4.69, 9.17) is 17.4 Å². The molecule has 0 saturated heterocycles. The topological polar surface area (TPSA) is 38.0 Å². The third-order valence-electron chi connectivity index (χ3n) is 3.28. The molecule has 0 aliphatic heterocycles. The Balaban J connectivity index is 2.07. The largest absolute Gasteiger partial charge is 0.271 e. The zero-order valence-electron chi connectivity index (χ0n) is 8.75. The third-order valence-corrected chi connectivity index (χ3v) is 3.62. The zero-order chi connectivity index (χ0) is 10.7. The van der Waals surface area contributed by atoms with Gasteiger partial charge in [-0.3, -0.25) is 11.3 Å². The molecule has 3 N–H and O–H groups in total. The van der Waals surface area contributed by atoms with E-state index in [0.717, 1.165) is 22.9 Å². The fraction of sp³-hybridized carbons (Fsp3) is 0.500. The Morgan fingerprint density at radius 3 is 2.67 bits per heavy atom. The first-order chi connectivity index (χ1) is 7.31. The molecule has 0 amide bonds. The maximum Gasteiger partial charge on any atom is 0.0477 e. The summed E-state index contributed by atoms with van der Waals surface area (Å²) >= 11 is 6.15. The Morgan fingerprint density at radius 2 is 2.13 bits per heavy atom. The fourth-order valence-electron chi connectivity index (χ4n) is 2.10. The molecule has 3 heteroatoms. The number of hydrazine groups is 1. The molecule has 1 aliphatic carbocycles. The number of nitrogens with one attached hydrogen (secondary N) is 1. The smallest absolute Gasteiger partial charge is 0.0477 e. The number of rotatable bonds is 4. The van der Waals surface area contributed by atoms with Gasteiger partial charge in [0.1, 0.15) is 0 Å². The minimum Gasteiger partial charge on any atom is -0.271 e. The second kappa shape index (κ2) is 4.97. The third kappa shape index (κ3) is 2.51. The van der Waals surface area contributed by atoms with Crippen LogP contribution in [0.3, 0.4) is 0 Å². The van der Waals surface area contributed by atoms with Crippen LogP contribution in [0.25, 0.3) is 0 Å². The quantitative estimate of drug-likeness (QED) is 0.610. The van der Waals surface area contributed by atoms with Gasteiger partial charge in [-0.15, -0.1) is 0 Å². The maximum atomic E-state index is 6.15. The molecule has 0 aromatic heterocycles. The minimum absolute atomic E-state index is 0.198. The predicted molar refractivity (Wildman–Crippen MR) is 63.5 cm³/mol. The van der Waals surface area contributed by atoms with E-state index in [1.165, 1.54) is 19.3 Å². The molecule has 1 aromatic rings. The highest BCUT2D eigenvalue weighted by molar-refractivity contribution is 6.31. The summed E-state index contributed by atoms with van der Waals surface area (Å²) in [6.45, 7) is 0. The van der Waals surface area contributed by atoms with Crippen molar-refractivity contribution in [2.45, 2.75) is 31.7 Å². The standard InChI is InChI=1S/C12H17ClN2/c13-11-7-2-1-6-10(11)12(15-14)8-9-4-3-5-9/h1-2,6-7,9,12,15H,3-5,8,14H2. The van der Waals surface area contributed by atoms with E-state index in [0.29, 0.717) is 0 Å². The molecule has 1 saturated carbocycles. The second-order valence-corrected chi connectivity index (χ2v) is 4.68. The van der Waals surface area contributed by atoms with E-state index < -0.39 is 0 Å². The van der Waals surface area contributed by atoms with Gasteiger partial charge >= 0.3 is 0 Å². The molecule has 1 unspecified atom stereocenters. The molecule has 1 aromatic carbocycles. The minimum atomic E-state index is 0.198. The lowest BCUT2D eigenvalue weighted by Gasteiger charge is -2.29. The van der Waals surface area contributed by atoms with Gasteiger partial charge in [-0.2, -0.15) is 0 Å². The molecule has 0 heterocycles. The van der Waals surface area contributed by atoms with Crippen molar-refractivity contribution < 1.29 is 0 Å². The summed E-state index contributed by atoms with van der Waals surface area (Å²) in [6.07, 6.45) is 5.13. The summed E-state index contributed by atoms with van der Waals surface area (Å²) in [7, 11) is 0. The van der Waals surface area contributed by atoms with Crippen LogP contribution in [0.1, 0.15) is 37.3 Å². The molecular weight excluding hydrogens is 208 g/mol. The summed E-state index contributed by atoms with van der Waals surface area (Å²) in [4.78, 5) is 0. The van der Waals surface area contributed by atoms with E-state index in [-0.39, 0.29) is 6.04 Å². The highest BCUT2D eigenvalue weighted by Crippen LogP contribution is 2.35. The molecule has 15 heavy (non-hydrogen) atoms. The van der Waals surface area contributed by atoms with E-state index >= 15 is 0 Å². The first kappa shape index (κ1) is 10.9. The monoisotopic (exact) mass is 224 g/mol. The molecule has 0 bridgehead atoms. The van der Waals surface area contributed by atoms with Crippen LogP contribution in [0.2, 0.25) is 5.02 Å². The molecule has 0 spiro atoms. The van der Waals surface area contributed by atoms with Gasteiger partial charge in [0.05, 0.1) is 0 Å². The Hall–Kier alpha value is -0.570. The van der Waals surface area contributed by atoms with Crippen LogP contribution in [0.5, 0.6) is 0 Å². The van der Waals surface area contributed by atoms with Gasteiger partial charge in [0.2, 0.25) is 0 Å². The second-order valence-electron chi connectivity index (χ2n) is 4.27. The van der Waals surface area contributed by atoms with Gasteiger partial charge in [-0.05, 0) is 24.0 Å². The van der Waals surface area contributed by atoms with E-state index in [1.807, 2.05) is 24.3 Å². The van der Waals surface area contributed by atoms with Crippen molar-refractivity contribution in [3.05, 3.63) is 34.9 Å². The average Bonchev–Trinajstić information content (AvgIpc) is 2.19. The highest BCUT2D eigenvalue weighted by atomic mass is 35.5. The van der Waals surface area contributed by atoms with Crippen molar-refractivity contribution >= 4 is 11.6 Å². The summed E-state index contributed by atoms with van der Waals surface area (Å²) in [6, 6.07) is 8.12. The van der Waals surface area contributed by atoms with Gasteiger partial charge in [-0.1, -0.05) is 49.1 Å². The normalized spacial score (nSPS) is 18.5. The van der Waals surface area contributed by atoms with Crippen LogP contribution in [0, 0.1) is 5.92 Å². The van der Waals surface area contributed by atoms with Gasteiger partial charge in [0.25, 0.3) is 0 Å². The van der Waals surface area contributed by atoms with E-state index in [2.05, 4.69) is 5.43 Å². The van der Waals surface area contributed by atoms with Crippen LogP contribution in [-0.2, 0) is 0 Å². The first-order valence-corrected chi connectivity index (χ1v) is 5.89. The summed E-state index contributed by atoms with van der Waals surface area (Å²) in [5, 5.41) is 0.805. The van der Waals surface area contributed by atoms with Gasteiger partial charge in [-0.25, -0.2) is 0 Å². The lowest BCUT2D eigenvalue weighted by molar-refractivity contribution is 0.262. The SMILES string of the molecule is NNC(CC1CCC1)c1ccccc1Cl. The number of benzene rings is 1. The van der Waals surface area contributed by atoms with Crippen molar-refractivity contribution in [3.8, 4) is 0 Å². The van der Waals surface area contributed by atoms with Crippen LogP contribution in [0.15, 0.2) is 24.3 Å². The van der Waals surface area contributed by atoms with Crippen LogP contribution < -0.4 is 11.3 Å². The van der Waals surface area contributed by atoms with Gasteiger partial charge in [0.15, 0.2) is 0 Å². The summed E-state index contributed by atoms with van der Waals surface area (Å²) < 4.78 is 0. The lowest BCUT2D eigenvalue weighted by Crippen LogP contribution is -2.31. The average molecular weight is 225 g/mol. The van der Waals surface area contributed by atoms with Gasteiger partial charge in [0, 0.05) is 11.1 Å². The molecule has 2 rings (SSSR count). The Bertz CT molecular complexity index is 323. The number of halogens is 1. The number of nitrogens with two attached hydrogens (primary N) is 1. The Morgan fingerprint density at radius 1 is 1.40 bits per heavy atom. The number of hydrogen-bond acceptors (Lipinski definition) is 2. The molecule has 82 valence electrons. The van der Waals surface area contributed by atoms with Crippen molar-refractivity contribution in [1.29, 1.82) is 0 Å². The molecular formula is C12H17ClN2. The lowest BCUT2D eigenvalue weighted by atomic mass is 9.80. The fourth-order valence-corrected chi connectivity index (χ4v) is 2.37. The van der Waals surface area contributed by atoms with Crippen LogP contribution in [0.4, 0.5) is 0 Å². The summed E-state index contributed by atoms with van der Waals surface area (Å²) in [5.41, 5.74) is 3.99. The summed E-state index contributed by atoms with van der Waals surface area (Å²) in [5.74, 6) is 6.41. The van der Waals surface area contributed by atoms with Crippen molar-refractivity contribution in [3.63, 3.8) is 0 Å². The van der Waals surface area contributed by atoms with E-state index in [1.54, 1.807) is 0 Å².